The normalized spacial score (nSPS) is 9.72. The summed E-state index contributed by atoms with van der Waals surface area (Å²) in [7, 11) is -3.90. The Bertz CT molecular complexity index is 907. The van der Waals surface area contributed by atoms with Gasteiger partial charge in [0.25, 0.3) is 0 Å². The highest BCUT2D eigenvalue weighted by Crippen LogP contribution is 2.32. The lowest BCUT2D eigenvalue weighted by Gasteiger charge is -2.07. The van der Waals surface area contributed by atoms with E-state index in [1.807, 2.05) is 0 Å². The Morgan fingerprint density at radius 2 is 0.966 bits per heavy atom. The molecule has 0 aromatic heterocycles. The Balaban J connectivity index is 0.000000542. The summed E-state index contributed by atoms with van der Waals surface area (Å²) < 4.78 is 24.3. The molecule has 0 saturated carbocycles. The fourth-order valence-corrected chi connectivity index (χ4v) is 2.93. The number of phenolic OH excluding ortho intramolecular Hbond substituents is 2. The highest BCUT2D eigenvalue weighted by atomic mass is 32.2. The van der Waals surface area contributed by atoms with Crippen LogP contribution >= 0.6 is 0 Å². The lowest BCUT2D eigenvalue weighted by atomic mass is 10.3. The van der Waals surface area contributed by atoms with E-state index in [2.05, 4.69) is 13.2 Å². The second-order valence-electron chi connectivity index (χ2n) is 5.61. The zero-order chi connectivity index (χ0) is 22.8. The maximum absolute atomic E-state index is 12.2. The van der Waals surface area contributed by atoms with Crippen LogP contribution in [0.1, 0.15) is 13.8 Å². The van der Waals surface area contributed by atoms with Crippen molar-refractivity contribution in [2.45, 2.75) is 23.6 Å². The van der Waals surface area contributed by atoms with Gasteiger partial charge in [-0.05, 0) is 38.1 Å². The number of rotatable bonds is 4. The van der Waals surface area contributed by atoms with E-state index in [1.165, 1.54) is 62.4 Å². The molecule has 0 aliphatic carbocycles. The predicted molar refractivity (Wildman–Crippen MR) is 107 cm³/mol. The van der Waals surface area contributed by atoms with Crippen LogP contribution in [0, 0.1) is 0 Å². The monoisotopic (exact) mass is 422 g/mol. The van der Waals surface area contributed by atoms with Gasteiger partial charge in [-0.3, -0.25) is 0 Å². The average Bonchev–Trinajstić information content (AvgIpc) is 2.63. The van der Waals surface area contributed by atoms with Crippen LogP contribution in [-0.2, 0) is 19.4 Å². The van der Waals surface area contributed by atoms with Crippen LogP contribution in [0.4, 0.5) is 0 Å². The first-order valence-corrected chi connectivity index (χ1v) is 9.39. The van der Waals surface area contributed by atoms with E-state index in [4.69, 9.17) is 10.2 Å². The summed E-state index contributed by atoms with van der Waals surface area (Å²) in [6, 6.07) is 11.2. The number of carboxylic acids is 2. The van der Waals surface area contributed by atoms with Crippen molar-refractivity contribution in [3.05, 3.63) is 72.8 Å². The van der Waals surface area contributed by atoms with Gasteiger partial charge in [0, 0.05) is 11.1 Å². The van der Waals surface area contributed by atoms with Crippen LogP contribution in [0.25, 0.3) is 0 Å². The first-order valence-electron chi connectivity index (χ1n) is 7.91. The molecule has 0 bridgehead atoms. The van der Waals surface area contributed by atoms with Crippen molar-refractivity contribution in [2.24, 2.45) is 0 Å². The lowest BCUT2D eigenvalue weighted by Crippen LogP contribution is -2.02. The van der Waals surface area contributed by atoms with Gasteiger partial charge >= 0.3 is 11.9 Å². The molecule has 0 heterocycles. The van der Waals surface area contributed by atoms with E-state index in [1.54, 1.807) is 0 Å². The first-order chi connectivity index (χ1) is 13.3. The molecule has 0 unspecified atom stereocenters. The SMILES string of the molecule is C=C(C)C(=O)O.C=C(C)C(=O)O.O=S(=O)(c1ccccc1O)c1ccccc1O. The van der Waals surface area contributed by atoms with E-state index in [-0.39, 0.29) is 32.4 Å². The highest BCUT2D eigenvalue weighted by molar-refractivity contribution is 7.91. The summed E-state index contributed by atoms with van der Waals surface area (Å²) in [5.41, 5.74) is 0.352. The molecular weight excluding hydrogens is 400 g/mol. The lowest BCUT2D eigenvalue weighted by molar-refractivity contribution is -0.133. The Morgan fingerprint density at radius 1 is 0.724 bits per heavy atom. The standard InChI is InChI=1S/C12H10O4S.2C4H6O2/c13-9-5-1-3-7-11(9)17(15,16)12-8-4-2-6-10(12)14;2*1-3(2)4(5)6/h1-8,13-14H;2*1H2,2H3,(H,5,6). The van der Waals surface area contributed by atoms with E-state index in [0.717, 1.165) is 0 Å². The molecule has 8 nitrogen and oxygen atoms in total. The molecule has 0 aliphatic rings. The van der Waals surface area contributed by atoms with Gasteiger partial charge in [-0.1, -0.05) is 37.4 Å². The third-order valence-electron chi connectivity index (χ3n) is 3.04. The van der Waals surface area contributed by atoms with E-state index in [0.29, 0.717) is 0 Å². The van der Waals surface area contributed by atoms with Gasteiger partial charge in [0.2, 0.25) is 9.84 Å². The summed E-state index contributed by atoms with van der Waals surface area (Å²) in [5, 5.41) is 34.9. The third-order valence-corrected chi connectivity index (χ3v) is 4.89. The highest BCUT2D eigenvalue weighted by Gasteiger charge is 2.23. The zero-order valence-corrected chi connectivity index (χ0v) is 16.7. The van der Waals surface area contributed by atoms with Crippen LogP contribution in [0.15, 0.2) is 82.6 Å². The minimum Gasteiger partial charge on any atom is -0.507 e. The van der Waals surface area contributed by atoms with Crippen molar-refractivity contribution in [2.75, 3.05) is 0 Å². The molecule has 0 aliphatic heterocycles. The fourth-order valence-electron chi connectivity index (χ4n) is 1.49. The van der Waals surface area contributed by atoms with Crippen LogP contribution in [0.2, 0.25) is 0 Å². The Hall–Kier alpha value is -3.59. The van der Waals surface area contributed by atoms with Gasteiger partial charge in [0.1, 0.15) is 21.3 Å². The number of para-hydroxylation sites is 2. The smallest absolute Gasteiger partial charge is 0.330 e. The number of phenols is 2. The number of hydrogen-bond acceptors (Lipinski definition) is 6. The molecule has 2 aromatic rings. The van der Waals surface area contributed by atoms with Gasteiger partial charge in [-0.15, -0.1) is 0 Å². The topological polar surface area (TPSA) is 149 Å². The molecule has 0 saturated heterocycles. The Kier molecular flexibility index (Phi) is 9.90. The van der Waals surface area contributed by atoms with Crippen molar-refractivity contribution >= 4 is 21.8 Å². The molecule has 0 radical (unpaired) electrons. The minimum atomic E-state index is -3.90. The Labute approximate surface area is 168 Å². The van der Waals surface area contributed by atoms with Crippen molar-refractivity contribution in [3.63, 3.8) is 0 Å². The van der Waals surface area contributed by atoms with Crippen LogP contribution < -0.4 is 0 Å². The molecule has 4 N–H and O–H groups in total. The third kappa shape index (κ3) is 8.31. The summed E-state index contributed by atoms with van der Waals surface area (Å²) >= 11 is 0. The number of aliphatic carboxylic acids is 2. The van der Waals surface area contributed by atoms with Crippen molar-refractivity contribution in [1.82, 2.24) is 0 Å². The van der Waals surface area contributed by atoms with E-state index in [9.17, 15) is 28.2 Å². The van der Waals surface area contributed by atoms with Gasteiger partial charge in [0.05, 0.1) is 0 Å². The quantitative estimate of drug-likeness (QED) is 0.549. The zero-order valence-electron chi connectivity index (χ0n) is 15.9. The summed E-state index contributed by atoms with van der Waals surface area (Å²) in [6.45, 7) is 9.20. The number of hydrogen-bond donors (Lipinski definition) is 4. The second-order valence-corrected chi connectivity index (χ2v) is 7.50. The molecule has 0 spiro atoms. The van der Waals surface area contributed by atoms with Crippen LogP contribution in [0.5, 0.6) is 11.5 Å². The Morgan fingerprint density at radius 3 is 1.17 bits per heavy atom. The van der Waals surface area contributed by atoms with Gasteiger partial charge in [-0.25, -0.2) is 18.0 Å². The number of carbonyl (C=O) groups is 2. The maximum Gasteiger partial charge on any atom is 0.330 e. The predicted octanol–water partition coefficient (Wildman–Crippen LogP) is 3.22. The fraction of sp³-hybridized carbons (Fsp3) is 0.100. The summed E-state index contributed by atoms with van der Waals surface area (Å²) in [6.07, 6.45) is 0. The second kappa shape index (κ2) is 11.3. The number of carboxylic acid groups (broad SMARTS) is 2. The molecule has 0 fully saturated rings. The van der Waals surface area contributed by atoms with Crippen molar-refractivity contribution < 1.29 is 38.4 Å². The molecule has 29 heavy (non-hydrogen) atoms. The molecule has 156 valence electrons. The molecule has 0 atom stereocenters. The summed E-state index contributed by atoms with van der Waals surface area (Å²) in [4.78, 5) is 18.8. The average molecular weight is 422 g/mol. The maximum atomic E-state index is 12.2. The minimum absolute atomic E-state index is 0.176. The van der Waals surface area contributed by atoms with Crippen molar-refractivity contribution in [1.29, 1.82) is 0 Å². The molecule has 2 rings (SSSR count). The molecule has 9 heteroatoms. The van der Waals surface area contributed by atoms with Crippen LogP contribution in [0.3, 0.4) is 0 Å². The van der Waals surface area contributed by atoms with Gasteiger partial charge in [-0.2, -0.15) is 0 Å². The van der Waals surface area contributed by atoms with E-state index >= 15 is 0 Å². The molecule has 0 amide bonds. The summed E-state index contributed by atoms with van der Waals surface area (Å²) in [5.74, 6) is -2.54. The van der Waals surface area contributed by atoms with Gasteiger partial charge in [0.15, 0.2) is 0 Å². The number of sulfone groups is 1. The number of aromatic hydroxyl groups is 2. The van der Waals surface area contributed by atoms with Gasteiger partial charge < -0.3 is 20.4 Å². The first kappa shape index (κ1) is 25.4. The van der Waals surface area contributed by atoms with E-state index < -0.39 is 21.8 Å². The van der Waals surface area contributed by atoms with Crippen molar-refractivity contribution in [3.8, 4) is 11.5 Å². The molecule has 2 aromatic carbocycles. The van der Waals surface area contributed by atoms with Crippen LogP contribution in [-0.4, -0.2) is 40.8 Å². The largest absolute Gasteiger partial charge is 0.507 e. The number of benzene rings is 2. The molecular formula is C20H22O8S.